The minimum absolute atomic E-state index is 0.0668. The molecule has 0 spiro atoms. The Hall–Kier alpha value is -3.05. The molecule has 3 rings (SSSR count). The molecule has 0 aliphatic heterocycles. The van der Waals surface area contributed by atoms with Crippen LogP contribution in [0, 0.1) is 5.82 Å². The predicted molar refractivity (Wildman–Crippen MR) is 98.9 cm³/mol. The van der Waals surface area contributed by atoms with E-state index in [-0.39, 0.29) is 5.56 Å². The molecule has 0 aliphatic carbocycles. The highest BCUT2D eigenvalue weighted by atomic mass is 35.5. The largest absolute Gasteiger partial charge is 0.497 e. The molecule has 0 radical (unpaired) electrons. The van der Waals surface area contributed by atoms with Crippen LogP contribution in [0.2, 0.25) is 5.02 Å². The second-order valence-corrected chi connectivity index (χ2v) is 5.79. The van der Waals surface area contributed by atoms with E-state index in [9.17, 15) is 9.18 Å². The first-order valence-electron chi connectivity index (χ1n) is 7.74. The molecule has 0 atom stereocenters. The minimum Gasteiger partial charge on any atom is -0.497 e. The van der Waals surface area contributed by atoms with Gasteiger partial charge in [0.2, 0.25) is 0 Å². The first-order valence-corrected chi connectivity index (χ1v) is 8.12. The van der Waals surface area contributed by atoms with Crippen LogP contribution < -0.4 is 14.8 Å². The van der Waals surface area contributed by atoms with E-state index in [0.29, 0.717) is 28.0 Å². The number of halogens is 2. The van der Waals surface area contributed by atoms with Crippen molar-refractivity contribution in [1.82, 2.24) is 0 Å². The van der Waals surface area contributed by atoms with Gasteiger partial charge in [0.1, 0.15) is 17.3 Å². The van der Waals surface area contributed by atoms with Crippen molar-refractivity contribution in [3.05, 3.63) is 83.1 Å². The fraction of sp³-hybridized carbons (Fsp3) is 0.0500. The van der Waals surface area contributed by atoms with Gasteiger partial charge in [-0.2, -0.15) is 0 Å². The van der Waals surface area contributed by atoms with Crippen molar-refractivity contribution in [2.24, 2.45) is 0 Å². The van der Waals surface area contributed by atoms with E-state index in [1.54, 1.807) is 55.6 Å². The third-order valence-corrected chi connectivity index (χ3v) is 3.83. The molecule has 132 valence electrons. The molecule has 0 heterocycles. The molecule has 3 aromatic rings. The predicted octanol–water partition coefficient (Wildman–Crippen LogP) is 5.53. The Morgan fingerprint density at radius 2 is 1.69 bits per heavy atom. The van der Waals surface area contributed by atoms with E-state index in [1.807, 2.05) is 0 Å². The molecular formula is C20H15ClFNO3. The molecule has 6 heteroatoms. The number of carbonyl (C=O) groups is 1. The lowest BCUT2D eigenvalue weighted by atomic mass is 10.2. The fourth-order valence-corrected chi connectivity index (χ4v) is 2.47. The highest BCUT2D eigenvalue weighted by Crippen LogP contribution is 2.33. The number of hydrogen-bond donors (Lipinski definition) is 1. The molecule has 1 amide bonds. The summed E-state index contributed by atoms with van der Waals surface area (Å²) < 4.78 is 24.7. The molecule has 0 saturated heterocycles. The normalized spacial score (nSPS) is 10.3. The van der Waals surface area contributed by atoms with Gasteiger partial charge < -0.3 is 14.8 Å². The van der Waals surface area contributed by atoms with E-state index < -0.39 is 11.7 Å². The molecule has 0 unspecified atom stereocenters. The van der Waals surface area contributed by atoms with Gasteiger partial charge in [0.05, 0.1) is 18.4 Å². The summed E-state index contributed by atoms with van der Waals surface area (Å²) in [6.07, 6.45) is 0. The van der Waals surface area contributed by atoms with Crippen molar-refractivity contribution < 1.29 is 18.7 Å². The van der Waals surface area contributed by atoms with Gasteiger partial charge in [-0.15, -0.1) is 0 Å². The maximum Gasteiger partial charge on any atom is 0.258 e. The number of hydrogen-bond acceptors (Lipinski definition) is 3. The second-order valence-electron chi connectivity index (χ2n) is 5.35. The molecule has 0 saturated carbocycles. The van der Waals surface area contributed by atoms with Gasteiger partial charge in [-0.3, -0.25) is 4.79 Å². The summed E-state index contributed by atoms with van der Waals surface area (Å²) >= 11 is 6.02. The summed E-state index contributed by atoms with van der Waals surface area (Å²) in [5.74, 6) is 0.426. The van der Waals surface area contributed by atoms with Gasteiger partial charge in [-0.1, -0.05) is 23.7 Å². The van der Waals surface area contributed by atoms with E-state index in [4.69, 9.17) is 21.1 Å². The number of amides is 1. The zero-order valence-electron chi connectivity index (χ0n) is 13.8. The molecule has 0 bridgehead atoms. The summed E-state index contributed by atoms with van der Waals surface area (Å²) in [5.41, 5.74) is 0.268. The van der Waals surface area contributed by atoms with E-state index in [1.165, 1.54) is 18.2 Å². The van der Waals surface area contributed by atoms with Crippen molar-refractivity contribution in [1.29, 1.82) is 0 Å². The first-order chi connectivity index (χ1) is 12.6. The van der Waals surface area contributed by atoms with Gasteiger partial charge in [0, 0.05) is 5.02 Å². The zero-order valence-corrected chi connectivity index (χ0v) is 14.6. The number of carbonyl (C=O) groups excluding carboxylic acids is 1. The highest BCUT2D eigenvalue weighted by molar-refractivity contribution is 6.31. The number of ether oxygens (including phenoxy) is 2. The lowest BCUT2D eigenvalue weighted by molar-refractivity contribution is 0.102. The number of methoxy groups -OCH3 is 1. The SMILES string of the molecule is COc1ccc(Oc2ccc(Cl)cc2NC(=O)c2ccccc2F)cc1. The van der Waals surface area contributed by atoms with Crippen LogP contribution in [0.1, 0.15) is 10.4 Å². The average molecular weight is 372 g/mol. The third-order valence-electron chi connectivity index (χ3n) is 3.60. The third kappa shape index (κ3) is 4.13. The van der Waals surface area contributed by atoms with Crippen LogP contribution in [-0.2, 0) is 0 Å². The summed E-state index contributed by atoms with van der Waals surface area (Å²) in [6.45, 7) is 0. The highest BCUT2D eigenvalue weighted by Gasteiger charge is 2.14. The van der Waals surface area contributed by atoms with Gasteiger partial charge in [-0.05, 0) is 54.6 Å². The van der Waals surface area contributed by atoms with Crippen LogP contribution in [0.4, 0.5) is 10.1 Å². The monoisotopic (exact) mass is 371 g/mol. The van der Waals surface area contributed by atoms with Gasteiger partial charge in [0.25, 0.3) is 5.91 Å². The summed E-state index contributed by atoms with van der Waals surface area (Å²) in [6, 6.07) is 17.5. The summed E-state index contributed by atoms with van der Waals surface area (Å²) in [5, 5.41) is 3.05. The smallest absolute Gasteiger partial charge is 0.258 e. The quantitative estimate of drug-likeness (QED) is 0.641. The van der Waals surface area contributed by atoms with Crippen LogP contribution >= 0.6 is 11.6 Å². The number of anilines is 1. The van der Waals surface area contributed by atoms with Crippen molar-refractivity contribution in [2.75, 3.05) is 12.4 Å². The average Bonchev–Trinajstić information content (AvgIpc) is 2.65. The van der Waals surface area contributed by atoms with Gasteiger partial charge in [0.15, 0.2) is 5.75 Å². The zero-order chi connectivity index (χ0) is 18.5. The molecule has 1 N–H and O–H groups in total. The van der Waals surface area contributed by atoms with E-state index in [2.05, 4.69) is 5.32 Å². The molecule has 3 aromatic carbocycles. The minimum atomic E-state index is -0.607. The Kier molecular flexibility index (Phi) is 5.39. The van der Waals surface area contributed by atoms with E-state index >= 15 is 0 Å². The van der Waals surface area contributed by atoms with Crippen LogP contribution in [-0.4, -0.2) is 13.0 Å². The van der Waals surface area contributed by atoms with Crippen molar-refractivity contribution in [2.45, 2.75) is 0 Å². The Morgan fingerprint density at radius 1 is 1.00 bits per heavy atom. The molecule has 4 nitrogen and oxygen atoms in total. The molecular weight excluding hydrogens is 357 g/mol. The fourth-order valence-electron chi connectivity index (χ4n) is 2.29. The van der Waals surface area contributed by atoms with Crippen LogP contribution in [0.25, 0.3) is 0 Å². The van der Waals surface area contributed by atoms with Crippen molar-refractivity contribution >= 4 is 23.2 Å². The molecule has 0 aromatic heterocycles. The second kappa shape index (κ2) is 7.89. The number of benzene rings is 3. The maximum atomic E-state index is 13.8. The Morgan fingerprint density at radius 3 is 2.38 bits per heavy atom. The Labute approximate surface area is 155 Å². The number of nitrogens with one attached hydrogen (secondary N) is 1. The molecule has 26 heavy (non-hydrogen) atoms. The maximum absolute atomic E-state index is 13.8. The summed E-state index contributed by atoms with van der Waals surface area (Å²) in [4.78, 5) is 12.4. The van der Waals surface area contributed by atoms with E-state index in [0.717, 1.165) is 0 Å². The molecule has 0 aliphatic rings. The lowest BCUT2D eigenvalue weighted by Crippen LogP contribution is -2.14. The van der Waals surface area contributed by atoms with Crippen molar-refractivity contribution in [3.8, 4) is 17.2 Å². The standard InChI is InChI=1S/C20H15ClFNO3/c1-25-14-7-9-15(10-8-14)26-19-11-6-13(21)12-18(19)23-20(24)16-4-2-3-5-17(16)22/h2-12H,1H3,(H,23,24). The van der Waals surface area contributed by atoms with Crippen LogP contribution in [0.15, 0.2) is 66.7 Å². The Bertz CT molecular complexity index is 929. The summed E-state index contributed by atoms with van der Waals surface area (Å²) in [7, 11) is 1.57. The van der Waals surface area contributed by atoms with Gasteiger partial charge >= 0.3 is 0 Å². The van der Waals surface area contributed by atoms with Crippen molar-refractivity contribution in [3.63, 3.8) is 0 Å². The Balaban J connectivity index is 1.85. The molecule has 0 fully saturated rings. The van der Waals surface area contributed by atoms with Crippen LogP contribution in [0.5, 0.6) is 17.2 Å². The number of rotatable bonds is 5. The topological polar surface area (TPSA) is 47.6 Å². The van der Waals surface area contributed by atoms with Gasteiger partial charge in [-0.25, -0.2) is 4.39 Å². The lowest BCUT2D eigenvalue weighted by Gasteiger charge is -2.13. The van der Waals surface area contributed by atoms with Crippen LogP contribution in [0.3, 0.4) is 0 Å². The first kappa shape index (κ1) is 17.8.